The van der Waals surface area contributed by atoms with Gasteiger partial charge in [-0.05, 0) is 29.5 Å². The van der Waals surface area contributed by atoms with Crippen molar-refractivity contribution in [2.24, 2.45) is 17.1 Å². The van der Waals surface area contributed by atoms with Crippen LogP contribution in [0, 0.1) is 11.3 Å². The lowest BCUT2D eigenvalue weighted by Gasteiger charge is -2.29. The normalized spacial score (nSPS) is 32.3. The first-order chi connectivity index (χ1) is 14.7. The Morgan fingerprint density at radius 1 is 1.23 bits per heavy atom. The van der Waals surface area contributed by atoms with Gasteiger partial charge in [-0.1, -0.05) is 12.1 Å². The van der Waals surface area contributed by atoms with E-state index in [1.54, 1.807) is 11.0 Å². The maximum absolute atomic E-state index is 13.0. The van der Waals surface area contributed by atoms with Gasteiger partial charge in [-0.15, -0.1) is 0 Å². The minimum absolute atomic E-state index is 0.0425. The number of imide groups is 1. The number of hydrogen-bond acceptors (Lipinski definition) is 7. The molecule has 0 aliphatic carbocycles. The molecule has 3 saturated heterocycles. The van der Waals surface area contributed by atoms with Gasteiger partial charge >= 0.3 is 0 Å². The second-order valence-electron chi connectivity index (χ2n) is 9.33. The van der Waals surface area contributed by atoms with E-state index in [9.17, 15) is 22.8 Å². The molecule has 5 rings (SSSR count). The molecule has 0 saturated carbocycles. The van der Waals surface area contributed by atoms with E-state index < -0.39 is 21.8 Å². The second kappa shape index (κ2) is 7.11. The molecule has 1 aromatic rings. The minimum Gasteiger partial charge on any atom is -0.330 e. The number of likely N-dealkylation sites (tertiary alicyclic amines) is 1. The number of benzene rings is 1. The monoisotopic (exact) mass is 446 g/mol. The molecule has 0 radical (unpaired) electrons. The predicted octanol–water partition coefficient (Wildman–Crippen LogP) is -0.747. The number of rotatable bonds is 4. The lowest BCUT2D eigenvalue weighted by molar-refractivity contribution is -0.136. The summed E-state index contributed by atoms with van der Waals surface area (Å²) in [6.45, 7) is 2.59. The van der Waals surface area contributed by atoms with Crippen LogP contribution in [0.25, 0.3) is 0 Å². The van der Waals surface area contributed by atoms with E-state index in [1.807, 2.05) is 12.1 Å². The van der Waals surface area contributed by atoms with Crippen molar-refractivity contribution in [3.05, 3.63) is 34.9 Å². The zero-order chi connectivity index (χ0) is 22.0. The van der Waals surface area contributed by atoms with E-state index in [0.717, 1.165) is 11.1 Å². The number of sulfone groups is 1. The van der Waals surface area contributed by atoms with Crippen molar-refractivity contribution in [1.29, 1.82) is 0 Å². The molecule has 9 nitrogen and oxygen atoms in total. The molecule has 4 aliphatic rings. The third-order valence-corrected chi connectivity index (χ3v) is 9.25. The Morgan fingerprint density at radius 2 is 2.03 bits per heavy atom. The average molecular weight is 447 g/mol. The molecule has 1 aromatic carbocycles. The van der Waals surface area contributed by atoms with Gasteiger partial charge in [-0.3, -0.25) is 24.6 Å². The third kappa shape index (κ3) is 3.37. The first-order valence-corrected chi connectivity index (χ1v) is 12.4. The van der Waals surface area contributed by atoms with Gasteiger partial charge in [0.25, 0.3) is 5.91 Å². The van der Waals surface area contributed by atoms with Crippen molar-refractivity contribution < 1.29 is 22.8 Å². The molecule has 3 amide bonds. The topological polar surface area (TPSA) is 130 Å². The lowest BCUT2D eigenvalue weighted by Crippen LogP contribution is -2.52. The highest BCUT2D eigenvalue weighted by molar-refractivity contribution is 7.91. The van der Waals surface area contributed by atoms with Gasteiger partial charge < -0.3 is 10.6 Å². The van der Waals surface area contributed by atoms with Crippen LogP contribution in [0.1, 0.15) is 34.3 Å². The standard InChI is InChI=1S/C21H26N4O5S/c22-10-21-11-24(7-14(21)9-31(29,30)12-21)6-13-2-1-3-15-16(13)8-25(20(15)28)17-4-5-18(26)23-19(17)27/h1-3,14,17H,4-12,22H2,(H,23,26,27)/t14-,17?,21+/m0/s1. The molecule has 4 heterocycles. The van der Waals surface area contributed by atoms with Gasteiger partial charge in [0.15, 0.2) is 9.84 Å². The first kappa shape index (κ1) is 20.6. The van der Waals surface area contributed by atoms with Crippen LogP contribution in [0.15, 0.2) is 18.2 Å². The number of piperidine rings is 1. The zero-order valence-corrected chi connectivity index (χ0v) is 18.0. The largest absolute Gasteiger partial charge is 0.330 e. The molecule has 0 bridgehead atoms. The molecular weight excluding hydrogens is 420 g/mol. The van der Waals surface area contributed by atoms with E-state index in [4.69, 9.17) is 5.73 Å². The summed E-state index contributed by atoms with van der Waals surface area (Å²) in [5.41, 5.74) is 8.14. The number of nitrogens with one attached hydrogen (secondary N) is 1. The Bertz CT molecular complexity index is 1090. The van der Waals surface area contributed by atoms with Crippen molar-refractivity contribution in [2.75, 3.05) is 31.1 Å². The van der Waals surface area contributed by atoms with Gasteiger partial charge in [-0.25, -0.2) is 8.42 Å². The molecule has 1 unspecified atom stereocenters. The highest BCUT2D eigenvalue weighted by Gasteiger charge is 2.54. The van der Waals surface area contributed by atoms with Crippen LogP contribution in [0.5, 0.6) is 0 Å². The van der Waals surface area contributed by atoms with Gasteiger partial charge in [-0.2, -0.15) is 0 Å². The Hall–Kier alpha value is -2.30. The van der Waals surface area contributed by atoms with Crippen molar-refractivity contribution in [2.45, 2.75) is 32.0 Å². The quantitative estimate of drug-likeness (QED) is 0.582. The second-order valence-corrected chi connectivity index (χ2v) is 11.4. The number of nitrogens with zero attached hydrogens (tertiary/aromatic N) is 2. The van der Waals surface area contributed by atoms with E-state index >= 15 is 0 Å². The highest BCUT2D eigenvalue weighted by atomic mass is 32.2. The summed E-state index contributed by atoms with van der Waals surface area (Å²) in [5, 5.41) is 2.33. The Labute approximate surface area is 180 Å². The molecule has 31 heavy (non-hydrogen) atoms. The smallest absolute Gasteiger partial charge is 0.255 e. The lowest BCUT2D eigenvalue weighted by atomic mass is 9.81. The van der Waals surface area contributed by atoms with Crippen LogP contribution in [-0.2, 0) is 32.5 Å². The summed E-state index contributed by atoms with van der Waals surface area (Å²) < 4.78 is 24.3. The van der Waals surface area contributed by atoms with E-state index in [1.165, 1.54) is 0 Å². The van der Waals surface area contributed by atoms with Gasteiger partial charge in [0.1, 0.15) is 6.04 Å². The van der Waals surface area contributed by atoms with Crippen molar-refractivity contribution in [1.82, 2.24) is 15.1 Å². The maximum Gasteiger partial charge on any atom is 0.255 e. The van der Waals surface area contributed by atoms with E-state index in [-0.39, 0.29) is 41.1 Å². The van der Waals surface area contributed by atoms with Gasteiger partial charge in [0, 0.05) is 50.1 Å². The number of carbonyl (C=O) groups is 3. The maximum atomic E-state index is 13.0. The summed E-state index contributed by atoms with van der Waals surface area (Å²) in [5.74, 6) is -0.532. The summed E-state index contributed by atoms with van der Waals surface area (Å²) >= 11 is 0. The molecule has 3 atom stereocenters. The Balaban J connectivity index is 1.35. The molecule has 0 aromatic heterocycles. The summed E-state index contributed by atoms with van der Waals surface area (Å²) in [6.07, 6.45) is 0.559. The van der Waals surface area contributed by atoms with Crippen molar-refractivity contribution in [3.63, 3.8) is 0 Å². The molecule has 10 heteroatoms. The first-order valence-electron chi connectivity index (χ1n) is 10.6. The molecule has 4 aliphatic heterocycles. The number of nitrogens with two attached hydrogens (primary N) is 1. The summed E-state index contributed by atoms with van der Waals surface area (Å²) in [6, 6.07) is 4.97. The average Bonchev–Trinajstić information content (AvgIpc) is 3.28. The van der Waals surface area contributed by atoms with Crippen LogP contribution >= 0.6 is 0 Å². The van der Waals surface area contributed by atoms with Crippen LogP contribution in [0.2, 0.25) is 0 Å². The van der Waals surface area contributed by atoms with Gasteiger partial charge in [0.05, 0.1) is 11.5 Å². The molecular formula is C21H26N4O5S. The van der Waals surface area contributed by atoms with Crippen molar-refractivity contribution in [3.8, 4) is 0 Å². The fourth-order valence-corrected chi connectivity index (χ4v) is 8.30. The number of hydrogen-bond donors (Lipinski definition) is 2. The van der Waals surface area contributed by atoms with E-state index in [0.29, 0.717) is 44.7 Å². The SMILES string of the molecule is NC[C@]12CN(Cc3cccc4c3CN(C3CCC(=O)NC3=O)C4=O)C[C@H]1CS(=O)(=O)C2. The van der Waals surface area contributed by atoms with Crippen LogP contribution in [0.3, 0.4) is 0 Å². The highest BCUT2D eigenvalue weighted by Crippen LogP contribution is 2.44. The number of fused-ring (bicyclic) bond motifs is 2. The fourth-order valence-electron chi connectivity index (χ4n) is 5.79. The Morgan fingerprint density at radius 3 is 2.74 bits per heavy atom. The number of carbonyl (C=O) groups excluding carboxylic acids is 3. The third-order valence-electron chi connectivity index (χ3n) is 7.33. The minimum atomic E-state index is -3.04. The molecule has 3 fully saturated rings. The van der Waals surface area contributed by atoms with Crippen LogP contribution < -0.4 is 11.1 Å². The summed E-state index contributed by atoms with van der Waals surface area (Å²) in [4.78, 5) is 40.6. The molecule has 166 valence electrons. The van der Waals surface area contributed by atoms with Crippen LogP contribution in [0.4, 0.5) is 0 Å². The summed E-state index contributed by atoms with van der Waals surface area (Å²) in [7, 11) is -3.04. The zero-order valence-electron chi connectivity index (χ0n) is 17.2. The van der Waals surface area contributed by atoms with Crippen molar-refractivity contribution >= 4 is 27.6 Å². The fraction of sp³-hybridized carbons (Fsp3) is 0.571. The predicted molar refractivity (Wildman–Crippen MR) is 111 cm³/mol. The Kier molecular flexibility index (Phi) is 4.72. The van der Waals surface area contributed by atoms with Gasteiger partial charge in [0.2, 0.25) is 11.8 Å². The molecule has 0 spiro atoms. The van der Waals surface area contributed by atoms with E-state index in [2.05, 4.69) is 10.2 Å². The molecule has 3 N–H and O–H groups in total. The number of amides is 3. The van der Waals surface area contributed by atoms with Crippen LogP contribution in [-0.4, -0.2) is 73.1 Å².